The maximum Gasteiger partial charge on any atom is 0.361 e. The van der Waals surface area contributed by atoms with Crippen molar-refractivity contribution in [2.24, 2.45) is 0 Å². The van der Waals surface area contributed by atoms with E-state index in [0.29, 0.717) is 17.4 Å². The normalized spacial score (nSPS) is 13.4. The summed E-state index contributed by atoms with van der Waals surface area (Å²) in [7, 11) is 5.93. The first-order valence-corrected chi connectivity index (χ1v) is 20.2. The molecule has 51 heavy (non-hydrogen) atoms. The Labute approximate surface area is 311 Å². The van der Waals surface area contributed by atoms with Gasteiger partial charge in [0.05, 0.1) is 34.4 Å². The lowest BCUT2D eigenvalue weighted by molar-refractivity contribution is -0.870. The summed E-state index contributed by atoms with van der Waals surface area (Å²) in [6.45, 7) is 4.75. The highest BCUT2D eigenvalue weighted by molar-refractivity contribution is 5.71. The van der Waals surface area contributed by atoms with Gasteiger partial charge in [0.15, 0.2) is 6.10 Å². The third-order valence-corrected chi connectivity index (χ3v) is 8.37. The molecule has 1 N–H and O–H groups in total. The highest BCUT2D eigenvalue weighted by atomic mass is 16.7. The van der Waals surface area contributed by atoms with Gasteiger partial charge in [-0.2, -0.15) is 0 Å². The van der Waals surface area contributed by atoms with Crippen molar-refractivity contribution in [3.05, 3.63) is 36.5 Å². The predicted molar refractivity (Wildman–Crippen MR) is 207 cm³/mol. The van der Waals surface area contributed by atoms with Gasteiger partial charge in [-0.25, -0.2) is 4.79 Å². The Balaban J connectivity index is 4.56. The van der Waals surface area contributed by atoms with E-state index in [0.717, 1.165) is 83.5 Å². The Morgan fingerprint density at radius 1 is 0.588 bits per heavy atom. The summed E-state index contributed by atoms with van der Waals surface area (Å²) in [4.78, 5) is 36.9. The minimum atomic E-state index is -1.51. The highest BCUT2D eigenvalue weighted by Crippen LogP contribution is 2.12. The summed E-state index contributed by atoms with van der Waals surface area (Å²) in [6.07, 6.45) is 33.4. The number of hydrogen-bond acceptors (Lipinski definition) is 7. The molecular formula is C42H76NO8+. The van der Waals surface area contributed by atoms with Gasteiger partial charge in [0.1, 0.15) is 13.2 Å². The van der Waals surface area contributed by atoms with Crippen LogP contribution in [0, 0.1) is 0 Å². The van der Waals surface area contributed by atoms with Gasteiger partial charge in [0.25, 0.3) is 6.29 Å². The summed E-state index contributed by atoms with van der Waals surface area (Å²) in [6, 6.07) is 0. The molecule has 0 heterocycles. The van der Waals surface area contributed by atoms with Gasteiger partial charge in [0, 0.05) is 12.8 Å². The minimum Gasteiger partial charge on any atom is -0.477 e. The molecule has 0 aliphatic rings. The summed E-state index contributed by atoms with van der Waals surface area (Å²) in [5.41, 5.74) is 0. The van der Waals surface area contributed by atoms with Gasteiger partial charge in [-0.1, -0.05) is 115 Å². The Morgan fingerprint density at radius 2 is 1.08 bits per heavy atom. The Bertz CT molecular complexity index is 940. The second-order valence-electron chi connectivity index (χ2n) is 14.6. The molecule has 0 amide bonds. The van der Waals surface area contributed by atoms with Gasteiger partial charge in [-0.05, 0) is 64.2 Å². The Hall–Kier alpha value is -2.49. The molecule has 0 bridgehead atoms. The number of hydrogen-bond donors (Lipinski definition) is 1. The van der Waals surface area contributed by atoms with E-state index in [-0.39, 0.29) is 38.6 Å². The van der Waals surface area contributed by atoms with Gasteiger partial charge in [0.2, 0.25) is 0 Å². The minimum absolute atomic E-state index is 0.183. The van der Waals surface area contributed by atoms with Gasteiger partial charge in [-0.3, -0.25) is 9.59 Å². The van der Waals surface area contributed by atoms with Crippen LogP contribution in [-0.4, -0.2) is 87.4 Å². The van der Waals surface area contributed by atoms with E-state index in [1.165, 1.54) is 38.5 Å². The number of likely N-dealkylation sites (N-methyl/N-ethyl adjacent to an activating group) is 1. The van der Waals surface area contributed by atoms with Crippen LogP contribution in [0.25, 0.3) is 0 Å². The number of unbranched alkanes of at least 4 members (excludes halogenated alkanes) is 15. The van der Waals surface area contributed by atoms with Crippen molar-refractivity contribution in [2.75, 3.05) is 47.5 Å². The Morgan fingerprint density at radius 3 is 1.63 bits per heavy atom. The third kappa shape index (κ3) is 35.7. The van der Waals surface area contributed by atoms with Crippen LogP contribution >= 0.6 is 0 Å². The first kappa shape index (κ1) is 48.5. The second kappa shape index (κ2) is 34.6. The first-order chi connectivity index (χ1) is 24.6. The monoisotopic (exact) mass is 723 g/mol. The number of carboxylic acids is 1. The average molecular weight is 723 g/mol. The van der Waals surface area contributed by atoms with Crippen LogP contribution in [-0.2, 0) is 33.3 Å². The molecular weight excluding hydrogens is 646 g/mol. The molecule has 0 aromatic rings. The molecule has 9 heteroatoms. The predicted octanol–water partition coefficient (Wildman–Crippen LogP) is 9.88. The zero-order valence-corrected chi connectivity index (χ0v) is 33.3. The smallest absolute Gasteiger partial charge is 0.361 e. The van der Waals surface area contributed by atoms with E-state index in [2.05, 4.69) is 50.3 Å². The largest absolute Gasteiger partial charge is 0.477 e. The summed E-state index contributed by atoms with van der Waals surface area (Å²) < 4.78 is 22.6. The number of aliphatic carboxylic acids is 1. The molecule has 0 rings (SSSR count). The Kier molecular flexibility index (Phi) is 32.9. The maximum atomic E-state index is 12.7. The van der Waals surface area contributed by atoms with E-state index < -0.39 is 24.3 Å². The van der Waals surface area contributed by atoms with Crippen molar-refractivity contribution in [2.45, 2.75) is 167 Å². The van der Waals surface area contributed by atoms with Crippen LogP contribution in [0.2, 0.25) is 0 Å². The van der Waals surface area contributed by atoms with E-state index in [4.69, 9.17) is 18.9 Å². The van der Waals surface area contributed by atoms with Gasteiger partial charge >= 0.3 is 17.9 Å². The standard InChI is InChI=1S/C42H75NO8/c1-6-8-10-12-14-16-18-20-21-23-25-27-29-31-33-40(45)51-38(37-50-42(41(46)47)48-35-34-43(3,4)5)36-49-39(44)32-30-28-26-24-22-19-17-15-13-11-9-7-2/h12,14-15,17-18,20,38,42H,6-11,13,16,19,21-37H2,1-5H3/p+1/b14-12-,17-15-,20-18-. The molecule has 0 aromatic heterocycles. The summed E-state index contributed by atoms with van der Waals surface area (Å²) in [5.74, 6) is -2.04. The molecule has 0 radical (unpaired) electrons. The van der Waals surface area contributed by atoms with Crippen molar-refractivity contribution in [1.29, 1.82) is 0 Å². The lowest BCUT2D eigenvalue weighted by atomic mass is 10.1. The molecule has 0 aliphatic carbocycles. The number of allylic oxidation sites excluding steroid dienone is 6. The van der Waals surface area contributed by atoms with Crippen LogP contribution in [0.3, 0.4) is 0 Å². The van der Waals surface area contributed by atoms with Gasteiger partial charge < -0.3 is 28.5 Å². The van der Waals surface area contributed by atoms with Crippen LogP contribution in [0.1, 0.15) is 155 Å². The number of quaternary nitrogens is 1. The van der Waals surface area contributed by atoms with E-state index in [1.807, 2.05) is 21.1 Å². The van der Waals surface area contributed by atoms with E-state index in [1.54, 1.807) is 0 Å². The number of nitrogens with zero attached hydrogens (tertiary/aromatic N) is 1. The highest BCUT2D eigenvalue weighted by Gasteiger charge is 2.25. The number of esters is 2. The van der Waals surface area contributed by atoms with Crippen LogP contribution in [0.5, 0.6) is 0 Å². The molecule has 0 aromatic carbocycles. The molecule has 296 valence electrons. The van der Waals surface area contributed by atoms with Crippen LogP contribution < -0.4 is 0 Å². The zero-order valence-electron chi connectivity index (χ0n) is 33.3. The van der Waals surface area contributed by atoms with Crippen molar-refractivity contribution >= 4 is 17.9 Å². The number of carboxylic acid groups (broad SMARTS) is 1. The van der Waals surface area contributed by atoms with Crippen LogP contribution in [0.4, 0.5) is 0 Å². The number of carbonyl (C=O) groups is 3. The maximum absolute atomic E-state index is 12.7. The van der Waals surface area contributed by atoms with Crippen molar-refractivity contribution in [3.8, 4) is 0 Å². The fourth-order valence-corrected chi connectivity index (χ4v) is 5.14. The van der Waals surface area contributed by atoms with Gasteiger partial charge in [-0.15, -0.1) is 0 Å². The topological polar surface area (TPSA) is 108 Å². The molecule has 0 saturated carbocycles. The summed E-state index contributed by atoms with van der Waals surface area (Å²) in [5, 5.41) is 9.59. The third-order valence-electron chi connectivity index (χ3n) is 8.37. The first-order valence-electron chi connectivity index (χ1n) is 20.2. The zero-order chi connectivity index (χ0) is 37.8. The lowest BCUT2D eigenvalue weighted by Crippen LogP contribution is -2.40. The number of rotatable bonds is 36. The van der Waals surface area contributed by atoms with E-state index in [9.17, 15) is 19.5 Å². The SMILES string of the molecule is CCCC/C=C\C/C=C\CCCCCCCC(=O)OC(COC(=O)CCCCCCC/C=C\CCCCC)COC(OCC[N+](C)(C)C)C(=O)O. The molecule has 2 unspecified atom stereocenters. The van der Waals surface area contributed by atoms with Crippen molar-refractivity contribution in [3.63, 3.8) is 0 Å². The molecule has 0 fully saturated rings. The molecule has 2 atom stereocenters. The quantitative estimate of drug-likeness (QED) is 0.0224. The second-order valence-corrected chi connectivity index (χ2v) is 14.6. The lowest BCUT2D eigenvalue weighted by Gasteiger charge is -2.25. The van der Waals surface area contributed by atoms with Crippen molar-refractivity contribution < 1.29 is 42.9 Å². The number of ether oxygens (including phenoxy) is 4. The fraction of sp³-hybridized carbons (Fsp3) is 0.786. The van der Waals surface area contributed by atoms with E-state index >= 15 is 0 Å². The summed E-state index contributed by atoms with van der Waals surface area (Å²) >= 11 is 0. The molecule has 0 spiro atoms. The fourth-order valence-electron chi connectivity index (χ4n) is 5.14. The van der Waals surface area contributed by atoms with Crippen LogP contribution in [0.15, 0.2) is 36.5 Å². The van der Waals surface area contributed by atoms with Crippen molar-refractivity contribution in [1.82, 2.24) is 0 Å². The molecule has 9 nitrogen and oxygen atoms in total. The number of carbonyl (C=O) groups excluding carboxylic acids is 2. The molecule has 0 aliphatic heterocycles. The average Bonchev–Trinajstić information content (AvgIpc) is 3.08. The molecule has 0 saturated heterocycles.